The van der Waals surface area contributed by atoms with Crippen LogP contribution in [0.3, 0.4) is 0 Å². The van der Waals surface area contributed by atoms with Gasteiger partial charge in [-0.1, -0.05) is 19.1 Å². The number of hydrogen-bond acceptors (Lipinski definition) is 4. The normalized spacial score (nSPS) is 15.8. The van der Waals surface area contributed by atoms with Crippen LogP contribution in [0.5, 0.6) is 5.75 Å². The quantitative estimate of drug-likeness (QED) is 0.743. The number of hydrogen-bond donors (Lipinski definition) is 1. The van der Waals surface area contributed by atoms with Gasteiger partial charge in [0.15, 0.2) is 6.10 Å². The molecule has 0 radical (unpaired) electrons. The third-order valence-corrected chi connectivity index (χ3v) is 7.22. The first kappa shape index (κ1) is 21.3. The van der Waals surface area contributed by atoms with E-state index in [1.807, 2.05) is 39.0 Å². The number of rotatable bonds is 7. The highest BCUT2D eigenvalue weighted by molar-refractivity contribution is 7.89. The molecule has 1 unspecified atom stereocenters. The number of nitrogens with one attached hydrogen (secondary N) is 1. The number of ether oxygens (including phenoxy) is 1. The SMILES string of the molecule is CCC(Oc1cccc(C)c1C)C(=O)Nc1ccc(S(=O)(=O)N2CCCC2)cc1. The second-order valence-corrected chi connectivity index (χ2v) is 9.28. The van der Waals surface area contributed by atoms with Gasteiger partial charge in [-0.2, -0.15) is 4.31 Å². The van der Waals surface area contributed by atoms with Crippen LogP contribution in [0.25, 0.3) is 0 Å². The van der Waals surface area contributed by atoms with Gasteiger partial charge in [-0.15, -0.1) is 0 Å². The van der Waals surface area contributed by atoms with Crippen molar-refractivity contribution in [3.05, 3.63) is 53.6 Å². The van der Waals surface area contributed by atoms with E-state index in [0.29, 0.717) is 30.9 Å². The molecule has 1 aliphatic rings. The molecule has 2 aromatic carbocycles. The molecule has 29 heavy (non-hydrogen) atoms. The number of carbonyl (C=O) groups is 1. The van der Waals surface area contributed by atoms with Crippen molar-refractivity contribution >= 4 is 21.6 Å². The highest BCUT2D eigenvalue weighted by Crippen LogP contribution is 2.24. The summed E-state index contributed by atoms with van der Waals surface area (Å²) in [6.07, 6.45) is 1.67. The predicted molar refractivity (Wildman–Crippen MR) is 114 cm³/mol. The fraction of sp³-hybridized carbons (Fsp3) is 0.409. The Morgan fingerprint density at radius 3 is 2.38 bits per heavy atom. The third-order valence-electron chi connectivity index (χ3n) is 5.31. The van der Waals surface area contributed by atoms with E-state index >= 15 is 0 Å². The Morgan fingerprint density at radius 2 is 1.76 bits per heavy atom. The first-order valence-corrected chi connectivity index (χ1v) is 11.4. The van der Waals surface area contributed by atoms with E-state index in [4.69, 9.17) is 4.74 Å². The van der Waals surface area contributed by atoms with Crippen LogP contribution in [0.2, 0.25) is 0 Å². The molecule has 1 N–H and O–H groups in total. The van der Waals surface area contributed by atoms with Gasteiger partial charge in [-0.05, 0) is 74.6 Å². The second-order valence-electron chi connectivity index (χ2n) is 7.34. The van der Waals surface area contributed by atoms with Crippen LogP contribution in [0, 0.1) is 13.8 Å². The molecule has 0 spiro atoms. The van der Waals surface area contributed by atoms with Crippen molar-refractivity contribution in [3.8, 4) is 5.75 Å². The van der Waals surface area contributed by atoms with Gasteiger partial charge < -0.3 is 10.1 Å². The monoisotopic (exact) mass is 416 g/mol. The topological polar surface area (TPSA) is 75.7 Å². The zero-order valence-electron chi connectivity index (χ0n) is 17.1. The number of sulfonamides is 1. The molecule has 1 aliphatic heterocycles. The smallest absolute Gasteiger partial charge is 0.265 e. The van der Waals surface area contributed by atoms with E-state index in [2.05, 4.69) is 5.32 Å². The van der Waals surface area contributed by atoms with Crippen LogP contribution in [0.4, 0.5) is 5.69 Å². The summed E-state index contributed by atoms with van der Waals surface area (Å²) in [5.74, 6) is 0.433. The zero-order chi connectivity index (χ0) is 21.0. The fourth-order valence-corrected chi connectivity index (χ4v) is 4.85. The van der Waals surface area contributed by atoms with Crippen LogP contribution in [0.15, 0.2) is 47.4 Å². The fourth-order valence-electron chi connectivity index (χ4n) is 3.34. The lowest BCUT2D eigenvalue weighted by Crippen LogP contribution is -2.32. The Balaban J connectivity index is 1.68. The van der Waals surface area contributed by atoms with Crippen molar-refractivity contribution in [2.75, 3.05) is 18.4 Å². The van der Waals surface area contributed by atoms with Crippen molar-refractivity contribution < 1.29 is 17.9 Å². The molecule has 2 aromatic rings. The number of nitrogens with zero attached hydrogens (tertiary/aromatic N) is 1. The lowest BCUT2D eigenvalue weighted by atomic mass is 10.1. The summed E-state index contributed by atoms with van der Waals surface area (Å²) >= 11 is 0. The molecule has 0 saturated carbocycles. The highest BCUT2D eigenvalue weighted by Gasteiger charge is 2.27. The highest BCUT2D eigenvalue weighted by atomic mass is 32.2. The molecule has 1 heterocycles. The maximum Gasteiger partial charge on any atom is 0.265 e. The van der Waals surface area contributed by atoms with Gasteiger partial charge in [-0.3, -0.25) is 4.79 Å². The standard InChI is InChI=1S/C22H28N2O4S/c1-4-20(28-21-9-7-8-16(2)17(21)3)22(25)23-18-10-12-19(13-11-18)29(26,27)24-14-5-6-15-24/h7-13,20H,4-6,14-15H2,1-3H3,(H,23,25). The Kier molecular flexibility index (Phi) is 6.59. The molecule has 7 heteroatoms. The lowest BCUT2D eigenvalue weighted by Gasteiger charge is -2.19. The molecule has 1 saturated heterocycles. The first-order chi connectivity index (χ1) is 13.8. The van der Waals surface area contributed by atoms with E-state index in [9.17, 15) is 13.2 Å². The lowest BCUT2D eigenvalue weighted by molar-refractivity contribution is -0.122. The molecule has 0 bridgehead atoms. The van der Waals surface area contributed by atoms with Gasteiger partial charge >= 0.3 is 0 Å². The van der Waals surface area contributed by atoms with E-state index in [1.54, 1.807) is 12.1 Å². The van der Waals surface area contributed by atoms with Gasteiger partial charge in [0.1, 0.15) is 5.75 Å². The number of aryl methyl sites for hydroxylation is 1. The average molecular weight is 417 g/mol. The Labute approximate surface area is 172 Å². The summed E-state index contributed by atoms with van der Waals surface area (Å²) in [5.41, 5.74) is 2.65. The molecule has 1 amide bonds. The number of carbonyl (C=O) groups excluding carboxylic acids is 1. The van der Waals surface area contributed by atoms with Crippen molar-refractivity contribution in [3.63, 3.8) is 0 Å². The maximum atomic E-state index is 12.7. The summed E-state index contributed by atoms with van der Waals surface area (Å²) in [6.45, 7) is 6.99. The molecular weight excluding hydrogens is 388 g/mol. The van der Waals surface area contributed by atoms with Gasteiger partial charge in [0.2, 0.25) is 10.0 Å². The van der Waals surface area contributed by atoms with Gasteiger partial charge in [0.05, 0.1) is 4.90 Å². The molecule has 156 valence electrons. The summed E-state index contributed by atoms with van der Waals surface area (Å²) in [5, 5.41) is 2.82. The van der Waals surface area contributed by atoms with Crippen molar-refractivity contribution in [1.82, 2.24) is 4.31 Å². The van der Waals surface area contributed by atoms with Crippen LogP contribution >= 0.6 is 0 Å². The minimum absolute atomic E-state index is 0.246. The molecule has 0 aliphatic carbocycles. The summed E-state index contributed by atoms with van der Waals surface area (Å²) < 4.78 is 32.7. The largest absolute Gasteiger partial charge is 0.480 e. The van der Waals surface area contributed by atoms with Crippen LogP contribution in [0.1, 0.15) is 37.3 Å². The second kappa shape index (κ2) is 8.97. The van der Waals surface area contributed by atoms with Gasteiger partial charge in [0, 0.05) is 18.8 Å². The van der Waals surface area contributed by atoms with E-state index < -0.39 is 16.1 Å². The van der Waals surface area contributed by atoms with Crippen LogP contribution < -0.4 is 10.1 Å². The molecule has 6 nitrogen and oxygen atoms in total. The molecule has 1 fully saturated rings. The maximum absolute atomic E-state index is 12.7. The first-order valence-electron chi connectivity index (χ1n) is 9.97. The van der Waals surface area contributed by atoms with E-state index in [0.717, 1.165) is 24.0 Å². The van der Waals surface area contributed by atoms with E-state index in [1.165, 1.54) is 16.4 Å². The Hall–Kier alpha value is -2.38. The average Bonchev–Trinajstić information content (AvgIpc) is 3.25. The van der Waals surface area contributed by atoms with Crippen molar-refractivity contribution in [1.29, 1.82) is 0 Å². The van der Waals surface area contributed by atoms with Crippen molar-refractivity contribution in [2.45, 2.75) is 51.0 Å². The van der Waals surface area contributed by atoms with Gasteiger partial charge in [-0.25, -0.2) is 8.42 Å². The van der Waals surface area contributed by atoms with Gasteiger partial charge in [0.25, 0.3) is 5.91 Å². The van der Waals surface area contributed by atoms with E-state index in [-0.39, 0.29) is 10.8 Å². The number of anilines is 1. The van der Waals surface area contributed by atoms with Crippen molar-refractivity contribution in [2.24, 2.45) is 0 Å². The third kappa shape index (κ3) is 4.79. The zero-order valence-corrected chi connectivity index (χ0v) is 18.0. The van der Waals surface area contributed by atoms with Crippen LogP contribution in [-0.2, 0) is 14.8 Å². The predicted octanol–water partition coefficient (Wildman–Crippen LogP) is 3.88. The molecule has 0 aromatic heterocycles. The Morgan fingerprint density at radius 1 is 1.10 bits per heavy atom. The summed E-state index contributed by atoms with van der Waals surface area (Å²) in [6, 6.07) is 12.1. The minimum Gasteiger partial charge on any atom is -0.480 e. The number of benzene rings is 2. The molecular formula is C22H28N2O4S. The van der Waals surface area contributed by atoms with Crippen LogP contribution in [-0.4, -0.2) is 37.8 Å². The number of amides is 1. The summed E-state index contributed by atoms with van der Waals surface area (Å²) in [4.78, 5) is 12.9. The summed E-state index contributed by atoms with van der Waals surface area (Å²) in [7, 11) is -3.46. The Bertz CT molecular complexity index is 965. The minimum atomic E-state index is -3.46. The molecule has 3 rings (SSSR count). The molecule has 1 atom stereocenters.